The van der Waals surface area contributed by atoms with Crippen LogP contribution in [0.3, 0.4) is 0 Å². The smallest absolute Gasteiger partial charge is 0.0702 e. The summed E-state index contributed by atoms with van der Waals surface area (Å²) in [4.78, 5) is 2.61. The molecule has 0 aromatic carbocycles. The minimum absolute atomic E-state index is 0.544. The van der Waals surface area contributed by atoms with Gasteiger partial charge in [-0.15, -0.1) is 0 Å². The van der Waals surface area contributed by atoms with E-state index in [2.05, 4.69) is 18.7 Å². The molecule has 2 unspecified atom stereocenters. The zero-order valence-electron chi connectivity index (χ0n) is 10.2. The third kappa shape index (κ3) is 3.46. The fourth-order valence-electron chi connectivity index (χ4n) is 3.01. The van der Waals surface area contributed by atoms with Gasteiger partial charge in [0, 0.05) is 19.7 Å². The molecule has 0 aromatic rings. The summed E-state index contributed by atoms with van der Waals surface area (Å²) in [6.07, 6.45) is 5.91. The first kappa shape index (κ1) is 11.4. The number of rotatable bonds is 4. The Bertz CT molecular complexity index is 187. The molecule has 2 fully saturated rings. The SMILES string of the molecule is CC(C)CC1CCN(CC2CCCO2)C1. The molecular formula is C13H25NO. The van der Waals surface area contributed by atoms with E-state index in [4.69, 9.17) is 4.74 Å². The van der Waals surface area contributed by atoms with E-state index >= 15 is 0 Å². The second-order valence-electron chi connectivity index (χ2n) is 5.68. The molecule has 2 aliphatic heterocycles. The van der Waals surface area contributed by atoms with Crippen LogP contribution in [0, 0.1) is 11.8 Å². The van der Waals surface area contributed by atoms with Crippen LogP contribution in [0.1, 0.15) is 39.5 Å². The van der Waals surface area contributed by atoms with Crippen molar-refractivity contribution >= 4 is 0 Å². The maximum atomic E-state index is 5.69. The molecule has 2 nitrogen and oxygen atoms in total. The highest BCUT2D eigenvalue weighted by Gasteiger charge is 2.26. The Kier molecular flexibility index (Phi) is 4.04. The van der Waals surface area contributed by atoms with Gasteiger partial charge < -0.3 is 9.64 Å². The Balaban J connectivity index is 1.67. The number of hydrogen-bond acceptors (Lipinski definition) is 2. The molecule has 0 bridgehead atoms. The van der Waals surface area contributed by atoms with Gasteiger partial charge >= 0.3 is 0 Å². The summed E-state index contributed by atoms with van der Waals surface area (Å²) in [5.41, 5.74) is 0. The van der Waals surface area contributed by atoms with Crippen LogP contribution in [-0.4, -0.2) is 37.2 Å². The van der Waals surface area contributed by atoms with Crippen LogP contribution < -0.4 is 0 Å². The molecule has 2 rings (SSSR count). The first-order valence-electron chi connectivity index (χ1n) is 6.58. The van der Waals surface area contributed by atoms with Gasteiger partial charge in [-0.2, -0.15) is 0 Å². The highest BCUT2D eigenvalue weighted by Crippen LogP contribution is 2.24. The molecule has 0 spiro atoms. The molecule has 2 heterocycles. The zero-order valence-corrected chi connectivity index (χ0v) is 10.2. The molecule has 15 heavy (non-hydrogen) atoms. The standard InChI is InChI=1S/C13H25NO/c1-11(2)8-12-5-6-14(9-12)10-13-4-3-7-15-13/h11-13H,3-10H2,1-2H3. The van der Waals surface area contributed by atoms with Crippen LogP contribution in [0.15, 0.2) is 0 Å². The van der Waals surface area contributed by atoms with Gasteiger partial charge in [-0.3, -0.25) is 0 Å². The Morgan fingerprint density at radius 3 is 2.87 bits per heavy atom. The minimum Gasteiger partial charge on any atom is -0.377 e. The lowest BCUT2D eigenvalue weighted by Gasteiger charge is -2.20. The monoisotopic (exact) mass is 211 g/mol. The lowest BCUT2D eigenvalue weighted by molar-refractivity contribution is 0.0793. The van der Waals surface area contributed by atoms with Crippen LogP contribution in [0.4, 0.5) is 0 Å². The lowest BCUT2D eigenvalue weighted by Crippen LogP contribution is -2.30. The van der Waals surface area contributed by atoms with Crippen molar-refractivity contribution in [3.63, 3.8) is 0 Å². The molecule has 0 radical (unpaired) electrons. The molecule has 0 N–H and O–H groups in total. The summed E-state index contributed by atoms with van der Waals surface area (Å²) in [6, 6.07) is 0. The first-order chi connectivity index (χ1) is 7.24. The van der Waals surface area contributed by atoms with Crippen molar-refractivity contribution in [3.05, 3.63) is 0 Å². The molecule has 2 atom stereocenters. The summed E-state index contributed by atoms with van der Waals surface area (Å²) < 4.78 is 5.69. The van der Waals surface area contributed by atoms with Crippen LogP contribution in [0.25, 0.3) is 0 Å². The normalized spacial score (nSPS) is 33.0. The molecule has 0 saturated carbocycles. The topological polar surface area (TPSA) is 12.5 Å². The molecule has 0 aromatic heterocycles. The van der Waals surface area contributed by atoms with Crippen molar-refractivity contribution in [2.24, 2.45) is 11.8 Å². The fourth-order valence-corrected chi connectivity index (χ4v) is 3.01. The fraction of sp³-hybridized carbons (Fsp3) is 1.00. The lowest BCUT2D eigenvalue weighted by atomic mass is 9.97. The van der Waals surface area contributed by atoms with Crippen molar-refractivity contribution in [2.45, 2.75) is 45.6 Å². The van der Waals surface area contributed by atoms with Gasteiger partial charge in [-0.05, 0) is 44.1 Å². The largest absolute Gasteiger partial charge is 0.377 e. The van der Waals surface area contributed by atoms with Gasteiger partial charge in [0.2, 0.25) is 0 Å². The molecule has 2 saturated heterocycles. The molecule has 2 aliphatic rings. The van der Waals surface area contributed by atoms with Gasteiger partial charge in [0.05, 0.1) is 6.10 Å². The summed E-state index contributed by atoms with van der Waals surface area (Å²) in [5, 5.41) is 0. The van der Waals surface area contributed by atoms with Crippen LogP contribution >= 0.6 is 0 Å². The minimum atomic E-state index is 0.544. The van der Waals surface area contributed by atoms with Crippen molar-refractivity contribution in [1.82, 2.24) is 4.90 Å². The third-order valence-electron chi connectivity index (χ3n) is 3.66. The Labute approximate surface area is 94.0 Å². The number of ether oxygens (including phenoxy) is 1. The summed E-state index contributed by atoms with van der Waals surface area (Å²) in [6.45, 7) is 9.48. The second-order valence-corrected chi connectivity index (χ2v) is 5.68. The van der Waals surface area contributed by atoms with Crippen molar-refractivity contribution in [3.8, 4) is 0 Å². The van der Waals surface area contributed by atoms with E-state index in [0.717, 1.165) is 18.4 Å². The van der Waals surface area contributed by atoms with E-state index in [1.165, 1.54) is 45.3 Å². The Morgan fingerprint density at radius 1 is 1.33 bits per heavy atom. The first-order valence-corrected chi connectivity index (χ1v) is 6.58. The average molecular weight is 211 g/mol. The molecule has 0 amide bonds. The highest BCUT2D eigenvalue weighted by atomic mass is 16.5. The van der Waals surface area contributed by atoms with Crippen molar-refractivity contribution in [2.75, 3.05) is 26.2 Å². The Morgan fingerprint density at radius 2 is 2.20 bits per heavy atom. The van der Waals surface area contributed by atoms with Gasteiger partial charge in [0.1, 0.15) is 0 Å². The van der Waals surface area contributed by atoms with Crippen LogP contribution in [0.5, 0.6) is 0 Å². The maximum Gasteiger partial charge on any atom is 0.0702 e. The van der Waals surface area contributed by atoms with Gasteiger partial charge in [0.15, 0.2) is 0 Å². The summed E-state index contributed by atoms with van der Waals surface area (Å²) >= 11 is 0. The number of likely N-dealkylation sites (tertiary alicyclic amines) is 1. The molecule has 88 valence electrons. The summed E-state index contributed by atoms with van der Waals surface area (Å²) in [7, 11) is 0. The number of hydrogen-bond donors (Lipinski definition) is 0. The van der Waals surface area contributed by atoms with E-state index in [-0.39, 0.29) is 0 Å². The third-order valence-corrected chi connectivity index (χ3v) is 3.66. The summed E-state index contributed by atoms with van der Waals surface area (Å²) in [5.74, 6) is 1.81. The molecule has 2 heteroatoms. The van der Waals surface area contributed by atoms with Gasteiger partial charge in [0.25, 0.3) is 0 Å². The van der Waals surface area contributed by atoms with Crippen molar-refractivity contribution in [1.29, 1.82) is 0 Å². The van der Waals surface area contributed by atoms with E-state index < -0.39 is 0 Å². The molecular weight excluding hydrogens is 186 g/mol. The Hall–Kier alpha value is -0.0800. The number of nitrogens with zero attached hydrogens (tertiary/aromatic N) is 1. The average Bonchev–Trinajstić information content (AvgIpc) is 2.77. The van der Waals surface area contributed by atoms with E-state index in [0.29, 0.717) is 6.10 Å². The predicted octanol–water partition coefficient (Wildman–Crippen LogP) is 2.53. The van der Waals surface area contributed by atoms with Gasteiger partial charge in [-0.25, -0.2) is 0 Å². The van der Waals surface area contributed by atoms with Crippen LogP contribution in [0.2, 0.25) is 0 Å². The quantitative estimate of drug-likeness (QED) is 0.708. The molecule has 0 aliphatic carbocycles. The highest BCUT2D eigenvalue weighted by molar-refractivity contribution is 4.79. The van der Waals surface area contributed by atoms with E-state index in [1.54, 1.807) is 0 Å². The second kappa shape index (κ2) is 5.31. The van der Waals surface area contributed by atoms with Crippen molar-refractivity contribution < 1.29 is 4.74 Å². The predicted molar refractivity (Wildman–Crippen MR) is 63.0 cm³/mol. The van der Waals surface area contributed by atoms with Gasteiger partial charge in [-0.1, -0.05) is 13.8 Å². The van der Waals surface area contributed by atoms with E-state index in [1.807, 2.05) is 0 Å². The van der Waals surface area contributed by atoms with Crippen LogP contribution in [-0.2, 0) is 4.74 Å². The van der Waals surface area contributed by atoms with E-state index in [9.17, 15) is 0 Å². The maximum absolute atomic E-state index is 5.69. The zero-order chi connectivity index (χ0) is 10.7.